The summed E-state index contributed by atoms with van der Waals surface area (Å²) in [6, 6.07) is -0.577. The maximum Gasteiger partial charge on any atom is 0.326 e. The van der Waals surface area contributed by atoms with Crippen molar-refractivity contribution in [1.82, 2.24) is 9.97 Å². The number of carbonyl (C=O) groups is 1. The van der Waals surface area contributed by atoms with Crippen LogP contribution in [0.1, 0.15) is 43.9 Å². The maximum absolute atomic E-state index is 11.1. The third-order valence-electron chi connectivity index (χ3n) is 3.39. The lowest BCUT2D eigenvalue weighted by Crippen LogP contribution is -2.29. The molecule has 0 bridgehead atoms. The van der Waals surface area contributed by atoms with Crippen molar-refractivity contribution in [3.05, 3.63) is 17.6 Å². The van der Waals surface area contributed by atoms with Crippen LogP contribution in [0.4, 0.5) is 5.82 Å². The first kappa shape index (κ1) is 12.8. The summed E-state index contributed by atoms with van der Waals surface area (Å²) in [5.74, 6) is -0.130. The Morgan fingerprint density at radius 3 is 2.89 bits per heavy atom. The van der Waals surface area contributed by atoms with Crippen LogP contribution in [0.5, 0.6) is 0 Å². The molecule has 0 aromatic carbocycles. The number of hydrogen-bond donors (Lipinski definition) is 2. The van der Waals surface area contributed by atoms with E-state index in [0.29, 0.717) is 12.2 Å². The number of aromatic nitrogens is 2. The van der Waals surface area contributed by atoms with Gasteiger partial charge in [0.1, 0.15) is 18.2 Å². The van der Waals surface area contributed by atoms with Crippen molar-refractivity contribution in [1.29, 1.82) is 0 Å². The summed E-state index contributed by atoms with van der Waals surface area (Å²) in [7, 11) is 0. The molecule has 2 N–H and O–H groups in total. The van der Waals surface area contributed by atoms with Crippen LogP contribution < -0.4 is 5.32 Å². The van der Waals surface area contributed by atoms with Crippen molar-refractivity contribution >= 4 is 11.8 Å². The predicted molar refractivity (Wildman–Crippen MR) is 68.6 cm³/mol. The molecule has 1 aliphatic carbocycles. The molecule has 0 spiro atoms. The lowest BCUT2D eigenvalue weighted by Gasteiger charge is -2.16. The van der Waals surface area contributed by atoms with E-state index in [1.54, 1.807) is 0 Å². The van der Waals surface area contributed by atoms with Crippen molar-refractivity contribution in [2.75, 3.05) is 5.32 Å². The van der Waals surface area contributed by atoms with Crippen molar-refractivity contribution in [2.24, 2.45) is 0 Å². The van der Waals surface area contributed by atoms with Crippen LogP contribution in [0.3, 0.4) is 0 Å². The molecule has 1 unspecified atom stereocenters. The Morgan fingerprint density at radius 2 is 2.17 bits per heavy atom. The topological polar surface area (TPSA) is 75.1 Å². The van der Waals surface area contributed by atoms with Gasteiger partial charge in [-0.1, -0.05) is 13.3 Å². The molecule has 0 amide bonds. The van der Waals surface area contributed by atoms with Crippen LogP contribution in [0.2, 0.25) is 0 Å². The molecule has 0 aliphatic heterocycles. The van der Waals surface area contributed by atoms with Gasteiger partial charge in [-0.25, -0.2) is 14.8 Å². The highest BCUT2D eigenvalue weighted by Gasteiger charge is 2.19. The fourth-order valence-corrected chi connectivity index (χ4v) is 2.33. The molecule has 1 aliphatic rings. The first-order valence-electron chi connectivity index (χ1n) is 6.54. The predicted octanol–water partition coefficient (Wildman–Crippen LogP) is 2.02. The molecule has 0 fully saturated rings. The van der Waals surface area contributed by atoms with Gasteiger partial charge in [-0.15, -0.1) is 0 Å². The molecule has 1 atom stereocenters. The summed E-state index contributed by atoms with van der Waals surface area (Å²) in [6.45, 7) is 1.85. The average molecular weight is 249 g/mol. The van der Waals surface area contributed by atoms with Gasteiger partial charge in [0.25, 0.3) is 0 Å². The molecule has 98 valence electrons. The molecule has 0 radical (unpaired) electrons. The lowest BCUT2D eigenvalue weighted by atomic mass is 10.1. The SMILES string of the molecule is CCC(Nc1ncnc2c1CCCCC2)C(=O)O. The summed E-state index contributed by atoms with van der Waals surface area (Å²) in [4.78, 5) is 19.6. The molecular formula is C13H19N3O2. The minimum Gasteiger partial charge on any atom is -0.480 e. The molecule has 18 heavy (non-hydrogen) atoms. The Balaban J connectivity index is 2.25. The molecule has 1 aromatic rings. The Kier molecular flexibility index (Phi) is 4.12. The number of nitrogens with one attached hydrogen (secondary N) is 1. The second kappa shape index (κ2) is 5.80. The monoisotopic (exact) mass is 249 g/mol. The largest absolute Gasteiger partial charge is 0.480 e. The van der Waals surface area contributed by atoms with E-state index in [1.165, 1.54) is 12.7 Å². The number of aryl methyl sites for hydroxylation is 1. The summed E-state index contributed by atoms with van der Waals surface area (Å²) in [5, 5.41) is 12.1. The normalized spacial score (nSPS) is 16.5. The third kappa shape index (κ3) is 2.78. The zero-order valence-electron chi connectivity index (χ0n) is 10.6. The Bertz CT molecular complexity index is 434. The van der Waals surface area contributed by atoms with Crippen LogP contribution in [-0.2, 0) is 17.6 Å². The van der Waals surface area contributed by atoms with Crippen molar-refractivity contribution in [3.63, 3.8) is 0 Å². The molecular weight excluding hydrogens is 230 g/mol. The molecule has 5 heteroatoms. The summed E-state index contributed by atoms with van der Waals surface area (Å²) in [5.41, 5.74) is 2.18. The molecule has 0 saturated heterocycles. The average Bonchev–Trinajstić information content (AvgIpc) is 2.61. The van der Waals surface area contributed by atoms with Gasteiger partial charge >= 0.3 is 5.97 Å². The number of hydrogen-bond acceptors (Lipinski definition) is 4. The quantitative estimate of drug-likeness (QED) is 0.798. The van der Waals surface area contributed by atoms with Gasteiger partial charge in [0.2, 0.25) is 0 Å². The first-order chi connectivity index (χ1) is 8.72. The maximum atomic E-state index is 11.1. The van der Waals surface area contributed by atoms with E-state index < -0.39 is 12.0 Å². The van der Waals surface area contributed by atoms with Gasteiger partial charge in [0.05, 0.1) is 0 Å². The molecule has 0 saturated carbocycles. The second-order valence-corrected chi connectivity index (χ2v) is 4.65. The van der Waals surface area contributed by atoms with Crippen LogP contribution in [0, 0.1) is 0 Å². The van der Waals surface area contributed by atoms with E-state index in [-0.39, 0.29) is 0 Å². The zero-order valence-corrected chi connectivity index (χ0v) is 10.6. The van der Waals surface area contributed by atoms with Crippen molar-refractivity contribution in [2.45, 2.75) is 51.5 Å². The Morgan fingerprint density at radius 1 is 1.39 bits per heavy atom. The highest BCUT2D eigenvalue weighted by molar-refractivity contribution is 5.77. The Hall–Kier alpha value is -1.65. The standard InChI is InChI=1S/C13H19N3O2/c1-2-10(13(17)18)16-12-9-6-4-3-5-7-11(9)14-8-15-12/h8,10H,2-7H2,1H3,(H,17,18)(H,14,15,16). The van der Waals surface area contributed by atoms with Crippen molar-refractivity contribution < 1.29 is 9.90 Å². The second-order valence-electron chi connectivity index (χ2n) is 4.65. The third-order valence-corrected chi connectivity index (χ3v) is 3.39. The van der Waals surface area contributed by atoms with E-state index in [1.807, 2.05) is 6.92 Å². The highest BCUT2D eigenvalue weighted by Crippen LogP contribution is 2.24. The molecule has 2 rings (SSSR count). The fraction of sp³-hybridized carbons (Fsp3) is 0.615. The van der Waals surface area contributed by atoms with E-state index in [9.17, 15) is 4.79 Å². The van der Waals surface area contributed by atoms with Crippen LogP contribution in [0.25, 0.3) is 0 Å². The Labute approximate surface area is 107 Å². The zero-order chi connectivity index (χ0) is 13.0. The van der Waals surface area contributed by atoms with Crippen molar-refractivity contribution in [3.8, 4) is 0 Å². The molecule has 5 nitrogen and oxygen atoms in total. The van der Waals surface area contributed by atoms with E-state index in [2.05, 4.69) is 15.3 Å². The first-order valence-corrected chi connectivity index (χ1v) is 6.54. The highest BCUT2D eigenvalue weighted by atomic mass is 16.4. The minimum atomic E-state index is -0.835. The number of aliphatic carboxylic acids is 1. The van der Waals surface area contributed by atoms with Crippen LogP contribution in [-0.4, -0.2) is 27.1 Å². The minimum absolute atomic E-state index is 0.536. The fourth-order valence-electron chi connectivity index (χ4n) is 2.33. The van der Waals surface area contributed by atoms with E-state index in [4.69, 9.17) is 5.11 Å². The van der Waals surface area contributed by atoms with Crippen LogP contribution >= 0.6 is 0 Å². The number of nitrogens with zero attached hydrogens (tertiary/aromatic N) is 2. The summed E-state index contributed by atoms with van der Waals surface area (Å²) >= 11 is 0. The van der Waals surface area contributed by atoms with Gasteiger partial charge < -0.3 is 10.4 Å². The van der Waals surface area contributed by atoms with Crippen LogP contribution in [0.15, 0.2) is 6.33 Å². The van der Waals surface area contributed by atoms with Gasteiger partial charge in [0.15, 0.2) is 0 Å². The van der Waals surface area contributed by atoms with Gasteiger partial charge in [0, 0.05) is 11.3 Å². The van der Waals surface area contributed by atoms with Gasteiger partial charge in [-0.2, -0.15) is 0 Å². The summed E-state index contributed by atoms with van der Waals surface area (Å²) in [6.07, 6.45) is 7.45. The number of carboxylic acids is 1. The number of carboxylic acid groups (broad SMARTS) is 1. The summed E-state index contributed by atoms with van der Waals surface area (Å²) < 4.78 is 0. The number of anilines is 1. The van der Waals surface area contributed by atoms with Gasteiger partial charge in [-0.05, 0) is 32.1 Å². The van der Waals surface area contributed by atoms with E-state index in [0.717, 1.165) is 36.9 Å². The number of rotatable bonds is 4. The smallest absolute Gasteiger partial charge is 0.326 e. The molecule has 1 heterocycles. The molecule has 1 aromatic heterocycles. The van der Waals surface area contributed by atoms with E-state index >= 15 is 0 Å². The van der Waals surface area contributed by atoms with Gasteiger partial charge in [-0.3, -0.25) is 0 Å². The number of fused-ring (bicyclic) bond motifs is 1. The lowest BCUT2D eigenvalue weighted by molar-refractivity contribution is -0.137.